The van der Waals surface area contributed by atoms with Crippen molar-refractivity contribution in [3.8, 4) is 0 Å². The molecule has 242 valence electrons. The van der Waals surface area contributed by atoms with E-state index in [1.54, 1.807) is 20.4 Å². The van der Waals surface area contributed by atoms with Crippen molar-refractivity contribution >= 4 is 77.1 Å². The predicted octanol–water partition coefficient (Wildman–Crippen LogP) is 6.75. The summed E-state index contributed by atoms with van der Waals surface area (Å²) in [5.74, 6) is 0. The van der Waals surface area contributed by atoms with Crippen LogP contribution in [-0.2, 0) is 31.9 Å². The van der Waals surface area contributed by atoms with Crippen LogP contribution in [0.2, 0.25) is 0 Å². The molecule has 1 aliphatic rings. The molecule has 46 heavy (non-hydrogen) atoms. The average Bonchev–Trinajstić information content (AvgIpc) is 3.80. The van der Waals surface area contributed by atoms with Crippen LogP contribution in [0.25, 0.3) is 32.7 Å². The van der Waals surface area contributed by atoms with Gasteiger partial charge in [0.1, 0.15) is 0 Å². The third-order valence-corrected chi connectivity index (χ3v) is 9.20. The van der Waals surface area contributed by atoms with Crippen molar-refractivity contribution in [2.24, 2.45) is 0 Å². The molecule has 0 radical (unpaired) electrons. The molecule has 0 spiro atoms. The lowest BCUT2D eigenvalue weighted by Gasteiger charge is -2.32. The number of aromatic amines is 1. The minimum atomic E-state index is -0.336. The largest absolute Gasteiger partial charge is 0.494 e. The standard InChI is InChI=1S/C16H23BN2O3.C10H11BrN2O.C7H5BrN2/c1-15(2)16(3,4)22-17(21-15)13-6-7-14-12(10-13)11-18-19(14)8-9-20-5;1-14-5-4-13-10-3-2-9(11)6-8(10)7-12-13;8-6-1-2-7-5(3-6)4-9-10-7/h6-7,10-11H,8-9H2,1-5H3;2-3,6-7H,4-5H2,1H3;1-4H,(H,9,10). The molecule has 0 atom stereocenters. The normalized spacial score (nSPS) is 15.2. The fourth-order valence-corrected chi connectivity index (χ4v) is 5.67. The number of hydrogen-bond acceptors (Lipinski definition) is 7. The summed E-state index contributed by atoms with van der Waals surface area (Å²) in [7, 11) is 3.06. The highest BCUT2D eigenvalue weighted by Crippen LogP contribution is 2.36. The number of nitrogens with one attached hydrogen (secondary N) is 1. The van der Waals surface area contributed by atoms with Gasteiger partial charge in [0.15, 0.2) is 0 Å². The van der Waals surface area contributed by atoms with Crippen LogP contribution >= 0.6 is 31.9 Å². The number of H-pyrrole nitrogens is 1. The van der Waals surface area contributed by atoms with Gasteiger partial charge in [0.2, 0.25) is 0 Å². The number of halogens is 2. The third-order valence-electron chi connectivity index (χ3n) is 8.21. The zero-order chi connectivity index (χ0) is 32.9. The fourth-order valence-electron chi connectivity index (χ4n) is 4.91. The summed E-state index contributed by atoms with van der Waals surface area (Å²) in [5, 5.41) is 18.8. The summed E-state index contributed by atoms with van der Waals surface area (Å²) < 4.78 is 28.4. The predicted molar refractivity (Wildman–Crippen MR) is 190 cm³/mol. The Morgan fingerprint density at radius 1 is 0.717 bits per heavy atom. The maximum Gasteiger partial charge on any atom is 0.494 e. The molecular formula is C33H39BBr2N6O4. The molecule has 0 unspecified atom stereocenters. The topological polar surface area (TPSA) is 101 Å². The van der Waals surface area contributed by atoms with Gasteiger partial charge in [-0.05, 0) is 75.6 Å². The Labute approximate surface area is 286 Å². The molecule has 10 nitrogen and oxygen atoms in total. The van der Waals surface area contributed by atoms with E-state index in [-0.39, 0.29) is 18.3 Å². The quantitative estimate of drug-likeness (QED) is 0.180. The first kappa shape index (κ1) is 34.3. The highest BCUT2D eigenvalue weighted by atomic mass is 79.9. The van der Waals surface area contributed by atoms with Gasteiger partial charge in [-0.25, -0.2) is 0 Å². The smallest absolute Gasteiger partial charge is 0.399 e. The number of benzene rings is 3. The van der Waals surface area contributed by atoms with Crippen molar-refractivity contribution in [2.75, 3.05) is 27.4 Å². The van der Waals surface area contributed by atoms with Gasteiger partial charge in [-0.15, -0.1) is 0 Å². The molecule has 0 aliphatic carbocycles. The second-order valence-corrected chi connectivity index (χ2v) is 13.8. The van der Waals surface area contributed by atoms with Crippen LogP contribution in [0.1, 0.15) is 27.7 Å². The molecule has 7 rings (SSSR count). The van der Waals surface area contributed by atoms with E-state index in [0.29, 0.717) is 13.2 Å². The van der Waals surface area contributed by atoms with Crippen LogP contribution in [0.4, 0.5) is 0 Å². The van der Waals surface area contributed by atoms with Crippen LogP contribution in [-0.4, -0.2) is 75.5 Å². The molecule has 6 aromatic rings. The van der Waals surface area contributed by atoms with Gasteiger partial charge in [-0.1, -0.05) is 44.0 Å². The van der Waals surface area contributed by atoms with E-state index in [1.165, 1.54) is 0 Å². The molecule has 0 amide bonds. The second kappa shape index (κ2) is 14.8. The fraction of sp³-hybridized carbons (Fsp3) is 0.364. The molecule has 1 N–H and O–H groups in total. The number of hydrogen-bond donors (Lipinski definition) is 1. The molecule has 13 heteroatoms. The molecule has 0 saturated carbocycles. The summed E-state index contributed by atoms with van der Waals surface area (Å²) in [6.45, 7) is 11.1. The van der Waals surface area contributed by atoms with E-state index in [9.17, 15) is 0 Å². The lowest BCUT2D eigenvalue weighted by molar-refractivity contribution is 0.00578. The summed E-state index contributed by atoms with van der Waals surface area (Å²) in [6.07, 6.45) is 5.55. The molecule has 1 aliphatic heterocycles. The van der Waals surface area contributed by atoms with Crippen molar-refractivity contribution in [1.29, 1.82) is 0 Å². The van der Waals surface area contributed by atoms with Gasteiger partial charge in [-0.3, -0.25) is 14.5 Å². The zero-order valence-electron chi connectivity index (χ0n) is 27.0. The third kappa shape index (κ3) is 7.89. The number of aromatic nitrogens is 6. The van der Waals surface area contributed by atoms with Gasteiger partial charge < -0.3 is 18.8 Å². The first-order valence-corrected chi connectivity index (χ1v) is 16.6. The van der Waals surface area contributed by atoms with Crippen LogP contribution in [0.3, 0.4) is 0 Å². The Bertz CT molecular complexity index is 1890. The minimum absolute atomic E-state index is 0.324. The molecule has 4 heterocycles. The summed E-state index contributed by atoms with van der Waals surface area (Å²) in [5.41, 5.74) is 3.69. The first-order chi connectivity index (χ1) is 22.0. The lowest BCUT2D eigenvalue weighted by atomic mass is 9.79. The van der Waals surface area contributed by atoms with E-state index >= 15 is 0 Å². The van der Waals surface area contributed by atoms with Gasteiger partial charge in [0.05, 0.1) is 72.6 Å². The summed E-state index contributed by atoms with van der Waals surface area (Å²) in [6, 6.07) is 18.4. The van der Waals surface area contributed by atoms with Crippen molar-refractivity contribution in [3.05, 3.63) is 82.1 Å². The number of rotatable bonds is 7. The Morgan fingerprint density at radius 3 is 1.83 bits per heavy atom. The first-order valence-electron chi connectivity index (χ1n) is 15.0. The highest BCUT2D eigenvalue weighted by molar-refractivity contribution is 9.10. The zero-order valence-corrected chi connectivity index (χ0v) is 30.1. The van der Waals surface area contributed by atoms with E-state index in [1.807, 2.05) is 46.0 Å². The van der Waals surface area contributed by atoms with E-state index < -0.39 is 0 Å². The van der Waals surface area contributed by atoms with Crippen molar-refractivity contribution in [3.63, 3.8) is 0 Å². The number of nitrogens with zero attached hydrogens (tertiary/aromatic N) is 5. The molecule has 0 bridgehead atoms. The van der Waals surface area contributed by atoms with E-state index in [4.69, 9.17) is 18.8 Å². The molecular weight excluding hydrogens is 715 g/mol. The SMILES string of the molecule is Brc1ccc2[nH]ncc2c1.COCCn1ncc2cc(B3OC(C)(C)C(C)(C)O3)ccc21.COCCn1ncc2cc(Br)ccc21. The van der Waals surface area contributed by atoms with Gasteiger partial charge in [0.25, 0.3) is 0 Å². The maximum atomic E-state index is 6.10. The molecule has 3 aromatic carbocycles. The van der Waals surface area contributed by atoms with Crippen LogP contribution in [0.15, 0.2) is 82.1 Å². The van der Waals surface area contributed by atoms with Crippen LogP contribution < -0.4 is 5.46 Å². The summed E-state index contributed by atoms with van der Waals surface area (Å²) >= 11 is 6.81. The van der Waals surface area contributed by atoms with Gasteiger partial charge in [-0.2, -0.15) is 15.3 Å². The monoisotopic (exact) mass is 752 g/mol. The second-order valence-electron chi connectivity index (χ2n) is 11.9. The van der Waals surface area contributed by atoms with Crippen molar-refractivity contribution in [1.82, 2.24) is 29.8 Å². The minimum Gasteiger partial charge on any atom is -0.399 e. The highest BCUT2D eigenvalue weighted by Gasteiger charge is 2.51. The van der Waals surface area contributed by atoms with Crippen LogP contribution in [0, 0.1) is 0 Å². The van der Waals surface area contributed by atoms with E-state index in [0.717, 1.165) is 60.2 Å². The van der Waals surface area contributed by atoms with E-state index in [2.05, 4.69) is 110 Å². The molecule has 1 fully saturated rings. The Kier molecular flexibility index (Phi) is 11.0. The van der Waals surface area contributed by atoms with Gasteiger partial charge >= 0.3 is 7.12 Å². The van der Waals surface area contributed by atoms with Crippen molar-refractivity contribution < 1.29 is 18.8 Å². The number of methoxy groups -OCH3 is 2. The van der Waals surface area contributed by atoms with Crippen molar-refractivity contribution in [2.45, 2.75) is 52.0 Å². The Morgan fingerprint density at radius 2 is 1.24 bits per heavy atom. The van der Waals surface area contributed by atoms with Crippen LogP contribution in [0.5, 0.6) is 0 Å². The number of fused-ring (bicyclic) bond motifs is 3. The molecule has 1 saturated heterocycles. The Balaban J connectivity index is 0.000000148. The summed E-state index contributed by atoms with van der Waals surface area (Å²) in [4.78, 5) is 0. The average molecular weight is 754 g/mol. The number of ether oxygens (including phenoxy) is 2. The lowest BCUT2D eigenvalue weighted by Crippen LogP contribution is -2.41. The maximum absolute atomic E-state index is 6.10. The Hall–Kier alpha value is -3.07. The molecule has 3 aromatic heterocycles. The van der Waals surface area contributed by atoms with Gasteiger partial charge in [0, 0.05) is 39.3 Å².